The van der Waals surface area contributed by atoms with Crippen LogP contribution in [0, 0.1) is 0 Å². The third-order valence-corrected chi connectivity index (χ3v) is 3.62. The molecule has 0 aliphatic carbocycles. The third kappa shape index (κ3) is 4.59. The van der Waals surface area contributed by atoms with Gasteiger partial charge in [0.15, 0.2) is 0 Å². The number of amides is 2. The number of benzene rings is 2. The zero-order valence-corrected chi connectivity index (χ0v) is 14.2. The van der Waals surface area contributed by atoms with Crippen LogP contribution in [0.2, 0.25) is 0 Å². The molecule has 5 nitrogen and oxygen atoms in total. The van der Waals surface area contributed by atoms with Crippen molar-refractivity contribution in [2.24, 2.45) is 0 Å². The maximum Gasteiger partial charge on any atom is 0.313 e. The van der Waals surface area contributed by atoms with E-state index in [1.165, 1.54) is 0 Å². The van der Waals surface area contributed by atoms with Gasteiger partial charge in [-0.25, -0.2) is 0 Å². The quantitative estimate of drug-likeness (QED) is 0.859. The Kier molecular flexibility index (Phi) is 5.95. The van der Waals surface area contributed by atoms with Crippen LogP contribution in [0.1, 0.15) is 19.4 Å². The topological polar surface area (TPSA) is 58.6 Å². The van der Waals surface area contributed by atoms with Gasteiger partial charge < -0.3 is 15.0 Å². The normalized spacial score (nSPS) is 10.3. The second-order valence-corrected chi connectivity index (χ2v) is 5.70. The Morgan fingerprint density at radius 3 is 2.21 bits per heavy atom. The molecule has 1 N–H and O–H groups in total. The molecule has 24 heavy (non-hydrogen) atoms. The van der Waals surface area contributed by atoms with E-state index < -0.39 is 11.8 Å². The molecule has 2 rings (SSSR count). The van der Waals surface area contributed by atoms with Crippen molar-refractivity contribution in [2.45, 2.75) is 26.4 Å². The van der Waals surface area contributed by atoms with E-state index in [-0.39, 0.29) is 6.04 Å². The summed E-state index contributed by atoms with van der Waals surface area (Å²) in [6, 6.07) is 16.4. The summed E-state index contributed by atoms with van der Waals surface area (Å²) in [5.41, 5.74) is 1.54. The Hall–Kier alpha value is -2.82. The van der Waals surface area contributed by atoms with Gasteiger partial charge in [0.1, 0.15) is 5.75 Å². The van der Waals surface area contributed by atoms with Crippen LogP contribution >= 0.6 is 0 Å². The average Bonchev–Trinajstić information content (AvgIpc) is 2.60. The molecule has 0 radical (unpaired) electrons. The summed E-state index contributed by atoms with van der Waals surface area (Å²) in [5.74, 6) is -0.512. The molecule has 0 aliphatic heterocycles. The molecule has 0 spiro atoms. The average molecular weight is 326 g/mol. The summed E-state index contributed by atoms with van der Waals surface area (Å²) in [5, 5.41) is 2.63. The van der Waals surface area contributed by atoms with Gasteiger partial charge in [0.05, 0.1) is 7.11 Å². The molecule has 0 aliphatic rings. The molecule has 0 heterocycles. The van der Waals surface area contributed by atoms with Gasteiger partial charge in [-0.15, -0.1) is 0 Å². The van der Waals surface area contributed by atoms with Crippen molar-refractivity contribution in [1.29, 1.82) is 0 Å². The second-order valence-electron chi connectivity index (χ2n) is 5.70. The fraction of sp³-hybridized carbons (Fsp3) is 0.263. The maximum atomic E-state index is 12.5. The lowest BCUT2D eigenvalue weighted by atomic mass is 10.2. The number of ether oxygens (including phenoxy) is 1. The van der Waals surface area contributed by atoms with E-state index in [0.29, 0.717) is 18.0 Å². The largest absolute Gasteiger partial charge is 0.497 e. The minimum atomic E-state index is -0.648. The zero-order chi connectivity index (χ0) is 17.5. The Bertz CT molecular complexity index is 682. The molecular weight excluding hydrogens is 304 g/mol. The van der Waals surface area contributed by atoms with Crippen LogP contribution in [0.4, 0.5) is 5.69 Å². The summed E-state index contributed by atoms with van der Waals surface area (Å²) in [6.07, 6.45) is 0. The van der Waals surface area contributed by atoms with Crippen molar-refractivity contribution in [3.8, 4) is 5.75 Å². The summed E-state index contributed by atoms with van der Waals surface area (Å²) in [4.78, 5) is 26.3. The summed E-state index contributed by atoms with van der Waals surface area (Å²) < 4.78 is 5.07. The number of carbonyl (C=O) groups excluding carboxylic acids is 2. The van der Waals surface area contributed by atoms with E-state index in [1.807, 2.05) is 44.2 Å². The molecule has 0 bridgehead atoms. The zero-order valence-electron chi connectivity index (χ0n) is 14.2. The monoisotopic (exact) mass is 326 g/mol. The van der Waals surface area contributed by atoms with E-state index in [4.69, 9.17) is 4.74 Å². The SMILES string of the molecule is COc1ccc(NC(=O)C(=O)N(Cc2ccccc2)C(C)C)cc1. The Morgan fingerprint density at radius 1 is 1.04 bits per heavy atom. The summed E-state index contributed by atoms with van der Waals surface area (Å²) in [7, 11) is 1.57. The Balaban J connectivity index is 2.06. The van der Waals surface area contributed by atoms with Gasteiger partial charge in [-0.3, -0.25) is 9.59 Å². The maximum absolute atomic E-state index is 12.5. The summed E-state index contributed by atoms with van der Waals surface area (Å²) in [6.45, 7) is 4.18. The minimum absolute atomic E-state index is 0.0840. The van der Waals surface area contributed by atoms with E-state index in [9.17, 15) is 9.59 Å². The number of carbonyl (C=O) groups is 2. The first kappa shape index (κ1) is 17.5. The fourth-order valence-electron chi connectivity index (χ4n) is 2.26. The van der Waals surface area contributed by atoms with Crippen LogP contribution in [0.3, 0.4) is 0 Å². The van der Waals surface area contributed by atoms with Gasteiger partial charge in [-0.05, 0) is 43.7 Å². The molecule has 0 aromatic heterocycles. The first-order chi connectivity index (χ1) is 11.5. The molecule has 0 atom stereocenters. The van der Waals surface area contributed by atoms with E-state index in [1.54, 1.807) is 36.3 Å². The van der Waals surface area contributed by atoms with E-state index in [0.717, 1.165) is 5.56 Å². The highest BCUT2D eigenvalue weighted by Gasteiger charge is 2.24. The smallest absolute Gasteiger partial charge is 0.313 e. The molecule has 0 unspecified atom stereocenters. The predicted molar refractivity (Wildman–Crippen MR) is 93.8 cm³/mol. The number of hydrogen-bond acceptors (Lipinski definition) is 3. The van der Waals surface area contributed by atoms with E-state index in [2.05, 4.69) is 5.32 Å². The number of rotatable bonds is 5. The highest BCUT2D eigenvalue weighted by atomic mass is 16.5. The van der Waals surface area contributed by atoms with Crippen LogP contribution < -0.4 is 10.1 Å². The van der Waals surface area contributed by atoms with Crippen LogP contribution in [-0.4, -0.2) is 29.9 Å². The van der Waals surface area contributed by atoms with Crippen molar-refractivity contribution >= 4 is 17.5 Å². The highest BCUT2D eigenvalue weighted by Crippen LogP contribution is 2.15. The van der Waals surface area contributed by atoms with Crippen molar-refractivity contribution in [3.05, 3.63) is 60.2 Å². The van der Waals surface area contributed by atoms with Gasteiger partial charge in [-0.2, -0.15) is 0 Å². The first-order valence-electron chi connectivity index (χ1n) is 7.81. The number of methoxy groups -OCH3 is 1. The van der Waals surface area contributed by atoms with Crippen molar-refractivity contribution in [1.82, 2.24) is 4.90 Å². The van der Waals surface area contributed by atoms with Gasteiger partial charge in [0.2, 0.25) is 0 Å². The van der Waals surface area contributed by atoms with Crippen molar-refractivity contribution < 1.29 is 14.3 Å². The van der Waals surface area contributed by atoms with Crippen LogP contribution in [0.25, 0.3) is 0 Å². The molecule has 2 aromatic rings. The molecule has 0 saturated carbocycles. The summed E-state index contributed by atoms with van der Waals surface area (Å²) >= 11 is 0. The fourth-order valence-corrected chi connectivity index (χ4v) is 2.26. The molecule has 0 saturated heterocycles. The molecule has 0 fully saturated rings. The lowest BCUT2D eigenvalue weighted by Crippen LogP contribution is -2.43. The van der Waals surface area contributed by atoms with Crippen molar-refractivity contribution in [3.63, 3.8) is 0 Å². The lowest BCUT2D eigenvalue weighted by Gasteiger charge is -2.26. The van der Waals surface area contributed by atoms with Crippen LogP contribution in [0.15, 0.2) is 54.6 Å². The molecule has 5 heteroatoms. The van der Waals surface area contributed by atoms with Gasteiger partial charge in [0.25, 0.3) is 0 Å². The Labute approximate surface area is 142 Å². The number of nitrogens with zero attached hydrogens (tertiary/aromatic N) is 1. The number of anilines is 1. The third-order valence-electron chi connectivity index (χ3n) is 3.62. The second kappa shape index (κ2) is 8.15. The minimum Gasteiger partial charge on any atom is -0.497 e. The van der Waals surface area contributed by atoms with Gasteiger partial charge in [0, 0.05) is 18.3 Å². The number of hydrogen-bond donors (Lipinski definition) is 1. The van der Waals surface area contributed by atoms with Crippen molar-refractivity contribution in [2.75, 3.05) is 12.4 Å². The van der Waals surface area contributed by atoms with Crippen LogP contribution in [-0.2, 0) is 16.1 Å². The molecule has 126 valence electrons. The number of nitrogens with one attached hydrogen (secondary N) is 1. The first-order valence-corrected chi connectivity index (χ1v) is 7.81. The molecular formula is C19H22N2O3. The standard InChI is InChI=1S/C19H22N2O3/c1-14(2)21(13-15-7-5-4-6-8-15)19(23)18(22)20-16-9-11-17(24-3)12-10-16/h4-12,14H,13H2,1-3H3,(H,20,22). The highest BCUT2D eigenvalue weighted by molar-refractivity contribution is 6.39. The van der Waals surface area contributed by atoms with Gasteiger partial charge in [-0.1, -0.05) is 30.3 Å². The van der Waals surface area contributed by atoms with E-state index >= 15 is 0 Å². The predicted octanol–water partition coefficient (Wildman–Crippen LogP) is 3.07. The molecule has 2 aromatic carbocycles. The lowest BCUT2D eigenvalue weighted by molar-refractivity contribution is -0.144. The van der Waals surface area contributed by atoms with Crippen LogP contribution in [0.5, 0.6) is 5.75 Å². The van der Waals surface area contributed by atoms with Gasteiger partial charge >= 0.3 is 11.8 Å². The Morgan fingerprint density at radius 2 is 1.67 bits per heavy atom. The molecule has 2 amide bonds.